The van der Waals surface area contributed by atoms with Crippen LogP contribution < -0.4 is 10.9 Å². The normalized spacial score (nSPS) is 23.8. The lowest BCUT2D eigenvalue weighted by atomic mass is 9.74. The first kappa shape index (κ1) is 11.8. The number of benzene rings is 1. The van der Waals surface area contributed by atoms with Crippen LogP contribution in [0.2, 0.25) is 0 Å². The molecule has 2 heteroatoms. The van der Waals surface area contributed by atoms with Crippen molar-refractivity contribution in [3.05, 3.63) is 22.8 Å². The van der Waals surface area contributed by atoms with Gasteiger partial charge in [0.15, 0.2) is 0 Å². The van der Waals surface area contributed by atoms with Crippen molar-refractivity contribution < 1.29 is 0 Å². The fourth-order valence-corrected chi connectivity index (χ4v) is 3.30. The van der Waals surface area contributed by atoms with Gasteiger partial charge in [0.05, 0.1) is 0 Å². The van der Waals surface area contributed by atoms with Crippen molar-refractivity contribution in [1.82, 2.24) is 0 Å². The molecule has 0 fully saturated rings. The van der Waals surface area contributed by atoms with Gasteiger partial charge in [-0.15, -0.1) is 0 Å². The first-order valence-electron chi connectivity index (χ1n) is 6.53. The summed E-state index contributed by atoms with van der Waals surface area (Å²) in [7, 11) is 4.56. The number of rotatable bonds is 1. The van der Waals surface area contributed by atoms with E-state index < -0.39 is 0 Å². The Balaban J connectivity index is 2.52. The number of hydrogen-bond donors (Lipinski definition) is 0. The molecule has 84 valence electrons. The van der Waals surface area contributed by atoms with Crippen molar-refractivity contribution in [2.45, 2.75) is 40.0 Å². The van der Waals surface area contributed by atoms with Gasteiger partial charge >= 0.3 is 0 Å². The Morgan fingerprint density at radius 3 is 2.44 bits per heavy atom. The molecule has 1 aliphatic carbocycles. The van der Waals surface area contributed by atoms with Gasteiger partial charge in [-0.25, -0.2) is 0 Å². The van der Waals surface area contributed by atoms with Crippen LogP contribution >= 0.6 is 0 Å². The highest BCUT2D eigenvalue weighted by atomic mass is 14.4. The molecule has 2 rings (SSSR count). The average Bonchev–Trinajstić information content (AvgIpc) is 2.54. The van der Waals surface area contributed by atoms with Gasteiger partial charge in [0.1, 0.15) is 15.7 Å². The van der Waals surface area contributed by atoms with Crippen LogP contribution in [0.15, 0.2) is 6.07 Å². The molecule has 0 nitrogen and oxygen atoms in total. The minimum Gasteiger partial charge on any atom is -0.0920 e. The van der Waals surface area contributed by atoms with Crippen LogP contribution in [0.5, 0.6) is 0 Å². The van der Waals surface area contributed by atoms with E-state index in [-0.39, 0.29) is 0 Å². The largest absolute Gasteiger partial charge is 0.138 e. The van der Waals surface area contributed by atoms with Gasteiger partial charge in [-0.05, 0) is 36.7 Å². The fourth-order valence-electron chi connectivity index (χ4n) is 3.30. The molecule has 1 aliphatic rings. The van der Waals surface area contributed by atoms with Gasteiger partial charge in [-0.3, -0.25) is 0 Å². The zero-order chi connectivity index (χ0) is 12.0. The molecule has 0 N–H and O–H groups in total. The third kappa shape index (κ3) is 1.63. The Labute approximate surface area is 102 Å². The van der Waals surface area contributed by atoms with Gasteiger partial charge in [-0.1, -0.05) is 48.9 Å². The number of hydrogen-bond acceptors (Lipinski definition) is 0. The van der Waals surface area contributed by atoms with Crippen molar-refractivity contribution >= 4 is 26.6 Å². The van der Waals surface area contributed by atoms with E-state index in [9.17, 15) is 0 Å². The lowest BCUT2D eigenvalue weighted by Gasteiger charge is -2.19. The van der Waals surface area contributed by atoms with E-state index in [2.05, 4.69) is 49.5 Å². The van der Waals surface area contributed by atoms with Crippen molar-refractivity contribution in [2.75, 3.05) is 0 Å². The molecule has 0 aliphatic heterocycles. The highest BCUT2D eigenvalue weighted by Crippen LogP contribution is 2.40. The Hall–Kier alpha value is -0.650. The van der Waals surface area contributed by atoms with Gasteiger partial charge < -0.3 is 0 Å². The Morgan fingerprint density at radius 1 is 1.25 bits per heavy atom. The van der Waals surface area contributed by atoms with E-state index in [1.54, 1.807) is 16.6 Å². The molecule has 0 spiro atoms. The average molecular weight is 212 g/mol. The third-order valence-corrected chi connectivity index (χ3v) is 4.76. The van der Waals surface area contributed by atoms with Gasteiger partial charge in [0, 0.05) is 0 Å². The van der Waals surface area contributed by atoms with E-state index in [4.69, 9.17) is 0 Å². The smallest absolute Gasteiger partial charge is 0.0920 e. The lowest BCUT2D eigenvalue weighted by molar-refractivity contribution is 0.356. The molecular formula is C14H22B2. The summed E-state index contributed by atoms with van der Waals surface area (Å²) in [5.41, 5.74) is 7.78. The molecule has 1 aromatic carbocycles. The second-order valence-electron chi connectivity index (χ2n) is 5.91. The second kappa shape index (κ2) is 3.98. The molecule has 16 heavy (non-hydrogen) atoms. The highest BCUT2D eigenvalue weighted by Gasteiger charge is 2.32. The first-order chi connectivity index (χ1) is 7.43. The molecule has 0 saturated carbocycles. The predicted octanol–water partition coefficient (Wildman–Crippen LogP) is 0.444. The Morgan fingerprint density at radius 2 is 1.88 bits per heavy atom. The molecule has 1 aromatic rings. The molecule has 0 bridgehead atoms. The van der Waals surface area contributed by atoms with Crippen molar-refractivity contribution in [3.8, 4) is 0 Å². The number of fused-ring (bicyclic) bond motifs is 1. The predicted molar refractivity (Wildman–Crippen MR) is 78.0 cm³/mol. The summed E-state index contributed by atoms with van der Waals surface area (Å²) >= 11 is 0. The summed E-state index contributed by atoms with van der Waals surface area (Å²) in [5, 5.41) is 0. The molecule has 2 atom stereocenters. The second-order valence-corrected chi connectivity index (χ2v) is 5.91. The van der Waals surface area contributed by atoms with Crippen LogP contribution in [0, 0.1) is 18.8 Å². The highest BCUT2D eigenvalue weighted by molar-refractivity contribution is 6.50. The van der Waals surface area contributed by atoms with Gasteiger partial charge in [-0.2, -0.15) is 0 Å². The van der Waals surface area contributed by atoms with Crippen LogP contribution in [0.4, 0.5) is 0 Å². The summed E-state index contributed by atoms with van der Waals surface area (Å²) in [5.74, 6) is 2.38. The van der Waals surface area contributed by atoms with E-state index in [0.29, 0.717) is 0 Å². The third-order valence-electron chi connectivity index (χ3n) is 4.76. The minimum absolute atomic E-state index is 0.744. The SMILES string of the molecule is Bc1c(C)cc2c(c1B)CC(C(C)C)C2C. The van der Waals surface area contributed by atoms with Crippen LogP contribution in [0.3, 0.4) is 0 Å². The van der Waals surface area contributed by atoms with E-state index in [0.717, 1.165) is 17.8 Å². The van der Waals surface area contributed by atoms with Crippen molar-refractivity contribution in [1.29, 1.82) is 0 Å². The van der Waals surface area contributed by atoms with Crippen LogP contribution in [-0.4, -0.2) is 15.7 Å². The summed E-state index contributed by atoms with van der Waals surface area (Å²) in [6.07, 6.45) is 1.29. The van der Waals surface area contributed by atoms with Crippen LogP contribution in [0.1, 0.15) is 43.4 Å². The van der Waals surface area contributed by atoms with Crippen LogP contribution in [0.25, 0.3) is 0 Å². The van der Waals surface area contributed by atoms with Gasteiger partial charge in [0.2, 0.25) is 0 Å². The van der Waals surface area contributed by atoms with E-state index in [1.807, 2.05) is 0 Å². The quantitative estimate of drug-likeness (QED) is 0.592. The maximum Gasteiger partial charge on any atom is 0.138 e. The Bertz CT molecular complexity index is 421. The lowest BCUT2D eigenvalue weighted by Crippen LogP contribution is -2.31. The molecule has 0 radical (unpaired) electrons. The number of aryl methyl sites for hydroxylation is 1. The fraction of sp³-hybridized carbons (Fsp3) is 0.571. The van der Waals surface area contributed by atoms with Crippen molar-refractivity contribution in [2.24, 2.45) is 11.8 Å². The molecule has 0 saturated heterocycles. The Kier molecular flexibility index (Phi) is 2.94. The molecular weight excluding hydrogens is 190 g/mol. The molecule has 0 amide bonds. The standard InChI is InChI=1S/C14H22B2/c1-7(2)10-6-12-11(9(10)4)5-8(3)13(15)14(12)16/h5,7,9-10H,6,15-16H2,1-4H3. The summed E-state index contributed by atoms with van der Waals surface area (Å²) in [6, 6.07) is 2.44. The summed E-state index contributed by atoms with van der Waals surface area (Å²) in [6.45, 7) is 9.38. The summed E-state index contributed by atoms with van der Waals surface area (Å²) in [4.78, 5) is 0. The topological polar surface area (TPSA) is 0 Å². The van der Waals surface area contributed by atoms with Crippen LogP contribution in [-0.2, 0) is 6.42 Å². The molecule has 0 heterocycles. The zero-order valence-corrected chi connectivity index (χ0v) is 11.5. The minimum atomic E-state index is 0.744. The molecule has 0 aromatic heterocycles. The van der Waals surface area contributed by atoms with E-state index >= 15 is 0 Å². The van der Waals surface area contributed by atoms with Gasteiger partial charge in [0.25, 0.3) is 0 Å². The van der Waals surface area contributed by atoms with Crippen molar-refractivity contribution in [3.63, 3.8) is 0 Å². The summed E-state index contributed by atoms with van der Waals surface area (Å²) < 4.78 is 0. The maximum atomic E-state index is 2.44. The molecule has 2 unspecified atom stereocenters. The first-order valence-corrected chi connectivity index (χ1v) is 6.53. The zero-order valence-electron chi connectivity index (χ0n) is 11.5. The van der Waals surface area contributed by atoms with E-state index in [1.165, 1.54) is 17.4 Å². The monoisotopic (exact) mass is 212 g/mol. The maximum absolute atomic E-state index is 2.44.